The Balaban J connectivity index is 1.62. The number of nitrogens with zero attached hydrogens (tertiary/aromatic N) is 3. The molecule has 2 fully saturated rings. The van der Waals surface area contributed by atoms with Crippen LogP contribution in [0.4, 0.5) is 10.5 Å². The van der Waals surface area contributed by atoms with Gasteiger partial charge in [-0.2, -0.15) is 0 Å². The Bertz CT molecular complexity index is 722. The van der Waals surface area contributed by atoms with E-state index in [1.165, 1.54) is 25.9 Å². The molecule has 0 atom stereocenters. The molecule has 0 unspecified atom stereocenters. The first kappa shape index (κ1) is 23.5. The zero-order chi connectivity index (χ0) is 22.2. The number of nitrogens with one attached hydrogen (secondary N) is 1. The largest absolute Gasteiger partial charge is 0.495 e. The smallest absolute Gasteiger partial charge is 0.322 e. The summed E-state index contributed by atoms with van der Waals surface area (Å²) in [4.78, 5) is 20.3. The van der Waals surface area contributed by atoms with Crippen LogP contribution in [-0.2, 0) is 0 Å². The molecule has 2 amide bonds. The number of ether oxygens (including phenoxy) is 1. The van der Waals surface area contributed by atoms with E-state index >= 15 is 0 Å². The summed E-state index contributed by atoms with van der Waals surface area (Å²) in [5, 5.41) is 3.10. The SMILES string of the molecule is C=C(C)N1CCC(N(CCCN2CCC(C)CC2)C(=O)Nc2ccccc2OC)CC1. The molecular formula is C25H40N4O2. The standard InChI is InChI=1S/C25H40N4O2/c1-20(2)28-18-12-22(13-19-28)29(15-7-14-27-16-10-21(3)11-17-27)25(30)26-23-8-5-6-9-24(23)31-4/h5-6,8-9,21-22H,1,7,10-19H2,2-4H3,(H,26,30). The summed E-state index contributed by atoms with van der Waals surface area (Å²) >= 11 is 0. The van der Waals surface area contributed by atoms with E-state index in [4.69, 9.17) is 4.74 Å². The summed E-state index contributed by atoms with van der Waals surface area (Å²) in [5.41, 5.74) is 1.84. The molecule has 1 N–H and O–H groups in total. The first-order valence-electron chi connectivity index (χ1n) is 11.8. The van der Waals surface area contributed by atoms with E-state index in [9.17, 15) is 4.79 Å². The number of carbonyl (C=O) groups excluding carboxylic acids is 1. The molecular weight excluding hydrogens is 388 g/mol. The van der Waals surface area contributed by atoms with Crippen molar-refractivity contribution in [1.82, 2.24) is 14.7 Å². The fourth-order valence-corrected chi connectivity index (χ4v) is 4.69. The van der Waals surface area contributed by atoms with Crippen molar-refractivity contribution in [3.8, 4) is 5.75 Å². The number of rotatable bonds is 8. The number of para-hydroxylation sites is 2. The van der Waals surface area contributed by atoms with Crippen molar-refractivity contribution in [2.75, 3.05) is 51.7 Å². The number of amides is 2. The highest BCUT2D eigenvalue weighted by atomic mass is 16.5. The fraction of sp³-hybridized carbons (Fsp3) is 0.640. The number of hydrogen-bond donors (Lipinski definition) is 1. The number of benzene rings is 1. The molecule has 0 aliphatic carbocycles. The predicted molar refractivity (Wildman–Crippen MR) is 128 cm³/mol. The highest BCUT2D eigenvalue weighted by molar-refractivity contribution is 5.91. The lowest BCUT2D eigenvalue weighted by Crippen LogP contribution is -2.49. The van der Waals surface area contributed by atoms with Crippen LogP contribution < -0.4 is 10.1 Å². The molecule has 31 heavy (non-hydrogen) atoms. The van der Waals surface area contributed by atoms with Gasteiger partial charge < -0.3 is 24.8 Å². The molecule has 6 heteroatoms. The Morgan fingerprint density at radius 2 is 1.84 bits per heavy atom. The quantitative estimate of drug-likeness (QED) is 0.655. The number of methoxy groups -OCH3 is 1. The van der Waals surface area contributed by atoms with Gasteiger partial charge >= 0.3 is 6.03 Å². The minimum absolute atomic E-state index is 0.0226. The normalized spacial score (nSPS) is 18.6. The maximum atomic E-state index is 13.3. The number of likely N-dealkylation sites (tertiary alicyclic amines) is 2. The van der Waals surface area contributed by atoms with Crippen molar-refractivity contribution in [1.29, 1.82) is 0 Å². The molecule has 1 aromatic carbocycles. The predicted octanol–water partition coefficient (Wildman–Crippen LogP) is 4.65. The molecule has 2 saturated heterocycles. The van der Waals surface area contributed by atoms with E-state index < -0.39 is 0 Å². The van der Waals surface area contributed by atoms with Crippen LogP contribution in [0.25, 0.3) is 0 Å². The van der Waals surface area contributed by atoms with Gasteiger partial charge in [0.25, 0.3) is 0 Å². The molecule has 0 saturated carbocycles. The minimum Gasteiger partial charge on any atom is -0.495 e. The van der Waals surface area contributed by atoms with Crippen LogP contribution in [0.1, 0.15) is 46.0 Å². The van der Waals surface area contributed by atoms with Gasteiger partial charge in [0.15, 0.2) is 0 Å². The monoisotopic (exact) mass is 428 g/mol. The number of urea groups is 1. The first-order chi connectivity index (χ1) is 15.0. The molecule has 2 aliphatic rings. The Morgan fingerprint density at radius 1 is 1.16 bits per heavy atom. The van der Waals surface area contributed by atoms with Gasteiger partial charge in [-0.05, 0) is 76.7 Å². The molecule has 2 heterocycles. The van der Waals surface area contributed by atoms with Gasteiger partial charge in [-0.1, -0.05) is 25.6 Å². The van der Waals surface area contributed by atoms with Crippen LogP contribution in [0.15, 0.2) is 36.5 Å². The molecule has 172 valence electrons. The number of piperidine rings is 2. The van der Waals surface area contributed by atoms with Gasteiger partial charge in [0, 0.05) is 31.4 Å². The van der Waals surface area contributed by atoms with Crippen LogP contribution >= 0.6 is 0 Å². The molecule has 0 radical (unpaired) electrons. The third-order valence-electron chi connectivity index (χ3n) is 6.80. The zero-order valence-electron chi connectivity index (χ0n) is 19.6. The van der Waals surface area contributed by atoms with Gasteiger partial charge in [-0.15, -0.1) is 0 Å². The fourth-order valence-electron chi connectivity index (χ4n) is 4.69. The van der Waals surface area contributed by atoms with Gasteiger partial charge in [0.1, 0.15) is 5.75 Å². The van der Waals surface area contributed by atoms with Crippen LogP contribution in [0, 0.1) is 5.92 Å². The second-order valence-corrected chi connectivity index (χ2v) is 9.16. The molecule has 6 nitrogen and oxygen atoms in total. The Labute approximate surface area is 188 Å². The van der Waals surface area contributed by atoms with Gasteiger partial charge in [0.2, 0.25) is 0 Å². The van der Waals surface area contributed by atoms with Crippen molar-refractivity contribution < 1.29 is 9.53 Å². The second-order valence-electron chi connectivity index (χ2n) is 9.16. The summed E-state index contributed by atoms with van der Waals surface area (Å²) in [5.74, 6) is 1.54. The number of hydrogen-bond acceptors (Lipinski definition) is 4. The summed E-state index contributed by atoms with van der Waals surface area (Å²) in [6.07, 6.45) is 5.55. The molecule has 0 spiro atoms. The number of allylic oxidation sites excluding steroid dienone is 1. The van der Waals surface area contributed by atoms with E-state index in [-0.39, 0.29) is 12.1 Å². The first-order valence-corrected chi connectivity index (χ1v) is 11.8. The van der Waals surface area contributed by atoms with Crippen molar-refractivity contribution >= 4 is 11.7 Å². The van der Waals surface area contributed by atoms with Crippen LogP contribution in [0.2, 0.25) is 0 Å². The third-order valence-corrected chi connectivity index (χ3v) is 6.80. The molecule has 3 rings (SSSR count). The minimum atomic E-state index is -0.0226. The summed E-state index contributed by atoms with van der Waals surface area (Å²) in [6.45, 7) is 14.6. The Morgan fingerprint density at radius 3 is 2.48 bits per heavy atom. The van der Waals surface area contributed by atoms with Crippen LogP contribution in [-0.4, -0.2) is 73.2 Å². The molecule has 2 aliphatic heterocycles. The van der Waals surface area contributed by atoms with E-state index in [1.807, 2.05) is 24.3 Å². The lowest BCUT2D eigenvalue weighted by molar-refractivity contribution is 0.133. The van der Waals surface area contributed by atoms with Gasteiger partial charge in [0.05, 0.1) is 12.8 Å². The summed E-state index contributed by atoms with van der Waals surface area (Å²) in [6, 6.07) is 7.85. The van der Waals surface area contributed by atoms with E-state index in [2.05, 4.69) is 40.4 Å². The van der Waals surface area contributed by atoms with Crippen molar-refractivity contribution in [3.05, 3.63) is 36.5 Å². The molecule has 1 aromatic rings. The average Bonchev–Trinajstić information content (AvgIpc) is 2.78. The second kappa shape index (κ2) is 11.4. The topological polar surface area (TPSA) is 48.0 Å². The van der Waals surface area contributed by atoms with E-state index in [0.29, 0.717) is 5.75 Å². The van der Waals surface area contributed by atoms with Gasteiger partial charge in [-0.3, -0.25) is 0 Å². The molecule has 0 bridgehead atoms. The van der Waals surface area contributed by atoms with Crippen molar-refractivity contribution in [3.63, 3.8) is 0 Å². The summed E-state index contributed by atoms with van der Waals surface area (Å²) < 4.78 is 5.42. The number of carbonyl (C=O) groups is 1. The van der Waals surface area contributed by atoms with E-state index in [1.54, 1.807) is 7.11 Å². The Hall–Kier alpha value is -2.21. The lowest BCUT2D eigenvalue weighted by Gasteiger charge is -2.40. The average molecular weight is 429 g/mol. The highest BCUT2D eigenvalue weighted by Gasteiger charge is 2.28. The maximum Gasteiger partial charge on any atom is 0.322 e. The van der Waals surface area contributed by atoms with Gasteiger partial charge in [-0.25, -0.2) is 4.79 Å². The maximum absolute atomic E-state index is 13.3. The highest BCUT2D eigenvalue weighted by Crippen LogP contribution is 2.25. The zero-order valence-corrected chi connectivity index (χ0v) is 19.6. The molecule has 0 aromatic heterocycles. The lowest BCUT2D eigenvalue weighted by atomic mass is 9.99. The third kappa shape index (κ3) is 6.63. The number of anilines is 1. The summed E-state index contributed by atoms with van der Waals surface area (Å²) in [7, 11) is 1.63. The van der Waals surface area contributed by atoms with E-state index in [0.717, 1.165) is 62.7 Å². The van der Waals surface area contributed by atoms with Crippen molar-refractivity contribution in [2.45, 2.75) is 52.0 Å². The van der Waals surface area contributed by atoms with Crippen molar-refractivity contribution in [2.24, 2.45) is 5.92 Å². The van der Waals surface area contributed by atoms with Crippen LogP contribution in [0.5, 0.6) is 5.75 Å². The Kier molecular flexibility index (Phi) is 8.64. The van der Waals surface area contributed by atoms with Crippen LogP contribution in [0.3, 0.4) is 0 Å².